The normalized spacial score (nSPS) is 19.5. The van der Waals surface area contributed by atoms with Gasteiger partial charge in [0.2, 0.25) is 5.75 Å². The van der Waals surface area contributed by atoms with Crippen LogP contribution in [0.5, 0.6) is 5.75 Å². The molecule has 2 heterocycles. The first-order valence-corrected chi connectivity index (χ1v) is 15.0. The van der Waals surface area contributed by atoms with Crippen LogP contribution in [0.15, 0.2) is 47.4 Å². The third kappa shape index (κ3) is 6.81. The van der Waals surface area contributed by atoms with Crippen LogP contribution in [0.4, 0.5) is 24.5 Å². The highest BCUT2D eigenvalue weighted by atomic mass is 32.2. The Morgan fingerprint density at radius 3 is 2.42 bits per heavy atom. The molecule has 1 saturated heterocycles. The summed E-state index contributed by atoms with van der Waals surface area (Å²) < 4.78 is 78.1. The van der Waals surface area contributed by atoms with Crippen LogP contribution in [-0.2, 0) is 16.8 Å². The molecular weight excluding hydrogens is 593 g/mol. The van der Waals surface area contributed by atoms with Crippen molar-refractivity contribution in [3.8, 4) is 11.4 Å². The minimum atomic E-state index is -3.96. The lowest BCUT2D eigenvalue weighted by atomic mass is 10.1. The first-order valence-electron chi connectivity index (χ1n) is 13.5. The molecule has 16 heteroatoms. The molecule has 1 saturated carbocycles. The van der Waals surface area contributed by atoms with Gasteiger partial charge in [-0.25, -0.2) is 13.2 Å². The number of aryl methyl sites for hydroxylation is 1. The summed E-state index contributed by atoms with van der Waals surface area (Å²) in [4.78, 5) is 25.9. The zero-order valence-electron chi connectivity index (χ0n) is 23.1. The van der Waals surface area contributed by atoms with E-state index in [1.54, 1.807) is 24.0 Å². The highest BCUT2D eigenvalue weighted by Gasteiger charge is 2.32. The van der Waals surface area contributed by atoms with Gasteiger partial charge in [-0.2, -0.15) is 27.2 Å². The number of halogens is 3. The summed E-state index contributed by atoms with van der Waals surface area (Å²) in [5.41, 5.74) is 0.0640. The van der Waals surface area contributed by atoms with Crippen LogP contribution in [0.2, 0.25) is 0 Å². The van der Waals surface area contributed by atoms with Gasteiger partial charge >= 0.3 is 5.56 Å². The van der Waals surface area contributed by atoms with Crippen molar-refractivity contribution >= 4 is 21.6 Å². The van der Waals surface area contributed by atoms with Crippen LogP contribution in [0.25, 0.3) is 5.69 Å². The monoisotopic (exact) mass is 622 g/mol. The molecule has 12 nitrogen and oxygen atoms in total. The minimum absolute atomic E-state index is 0.0248. The third-order valence-electron chi connectivity index (χ3n) is 7.46. The van der Waals surface area contributed by atoms with Crippen LogP contribution in [-0.4, -0.2) is 65.9 Å². The van der Waals surface area contributed by atoms with Crippen molar-refractivity contribution in [3.63, 3.8) is 0 Å². The Morgan fingerprint density at radius 2 is 1.79 bits per heavy atom. The van der Waals surface area contributed by atoms with Gasteiger partial charge in [0.25, 0.3) is 15.9 Å². The number of alkyl halides is 1. The lowest BCUT2D eigenvalue weighted by molar-refractivity contribution is -0.385. The first kappa shape index (κ1) is 30.4. The van der Waals surface area contributed by atoms with Gasteiger partial charge in [0.05, 0.1) is 16.8 Å². The number of rotatable bonds is 9. The molecule has 2 unspecified atom stereocenters. The summed E-state index contributed by atoms with van der Waals surface area (Å²) in [6, 6.07) is 7.02. The number of benzene rings is 2. The first-order chi connectivity index (χ1) is 20.4. The fraction of sp³-hybridized carbons (Fsp3) is 0.407. The lowest BCUT2D eigenvalue weighted by Gasteiger charge is -2.35. The number of hydrogen-bond acceptors (Lipinski definition) is 8. The fourth-order valence-electron chi connectivity index (χ4n) is 5.17. The van der Waals surface area contributed by atoms with E-state index in [2.05, 4.69) is 9.82 Å². The van der Waals surface area contributed by atoms with E-state index in [0.717, 1.165) is 16.8 Å². The Balaban J connectivity index is 1.33. The van der Waals surface area contributed by atoms with Crippen LogP contribution >= 0.6 is 0 Å². The topological polar surface area (TPSA) is 140 Å². The van der Waals surface area contributed by atoms with E-state index in [0.29, 0.717) is 23.6 Å². The van der Waals surface area contributed by atoms with Gasteiger partial charge < -0.3 is 9.64 Å². The Labute approximate surface area is 245 Å². The largest absolute Gasteiger partial charge is 0.483 e. The molecule has 2 fully saturated rings. The molecule has 0 radical (unpaired) electrons. The zero-order chi connectivity index (χ0) is 30.9. The zero-order valence-corrected chi connectivity index (χ0v) is 23.9. The van der Waals surface area contributed by atoms with E-state index in [-0.39, 0.29) is 68.4 Å². The molecule has 0 bridgehead atoms. The van der Waals surface area contributed by atoms with Gasteiger partial charge in [0, 0.05) is 56.8 Å². The van der Waals surface area contributed by atoms with E-state index >= 15 is 0 Å². The van der Waals surface area contributed by atoms with Crippen molar-refractivity contribution in [1.82, 2.24) is 18.8 Å². The second-order valence-electron chi connectivity index (χ2n) is 10.4. The summed E-state index contributed by atoms with van der Waals surface area (Å²) in [5, 5.41) is 15.3. The van der Waals surface area contributed by atoms with Gasteiger partial charge in [-0.1, -0.05) is 12.1 Å². The Hall–Kier alpha value is -4.02. The van der Waals surface area contributed by atoms with Crippen LogP contribution in [0, 0.1) is 28.7 Å². The molecule has 5 rings (SSSR count). The van der Waals surface area contributed by atoms with Crippen molar-refractivity contribution in [2.45, 2.75) is 45.0 Å². The van der Waals surface area contributed by atoms with Gasteiger partial charge in [-0.05, 0) is 37.5 Å². The van der Waals surface area contributed by atoms with Crippen LogP contribution in [0.1, 0.15) is 30.4 Å². The maximum absolute atomic E-state index is 13.9. The molecule has 2 aliphatic rings. The number of nitrogens with zero attached hydrogens (tertiary/aromatic N) is 5. The van der Waals surface area contributed by atoms with E-state index in [1.165, 1.54) is 16.6 Å². The highest BCUT2D eigenvalue weighted by Crippen LogP contribution is 2.31. The van der Waals surface area contributed by atoms with E-state index in [1.807, 2.05) is 0 Å². The number of nitro groups is 1. The number of hydrogen-bond donors (Lipinski definition) is 1. The standard InChI is InChI=1S/C27H29F3N6O6S/c1-17-2-3-18(10-24(17)36(38)39)15-32-43(40,41)34-8-6-33(7-9-34)25-16-31-35(22-12-20(29)11-21(30)13-22)27(37)26(25)42-23-5-4-19(28)14-23/h2-3,10-13,16,19,23,32H,4-9,14-15H2,1H3. The molecule has 230 valence electrons. The quantitative estimate of drug-likeness (QED) is 0.284. The Bertz CT molecular complexity index is 1680. The highest BCUT2D eigenvalue weighted by molar-refractivity contribution is 7.87. The number of nitro benzene ring substituents is 1. The predicted octanol–water partition coefficient (Wildman–Crippen LogP) is 3.15. The summed E-state index contributed by atoms with van der Waals surface area (Å²) in [5.74, 6) is -1.98. The van der Waals surface area contributed by atoms with Gasteiger partial charge in [0.15, 0.2) is 0 Å². The van der Waals surface area contributed by atoms with Crippen molar-refractivity contribution in [3.05, 3.63) is 85.8 Å². The fourth-order valence-corrected chi connectivity index (χ4v) is 6.34. The number of anilines is 1. The van der Waals surface area contributed by atoms with E-state index in [9.17, 15) is 36.5 Å². The molecule has 1 aromatic heterocycles. The van der Waals surface area contributed by atoms with Crippen molar-refractivity contribution in [2.75, 3.05) is 31.1 Å². The lowest BCUT2D eigenvalue weighted by Crippen LogP contribution is -2.52. The number of piperazine rings is 1. The maximum Gasteiger partial charge on any atom is 0.316 e. The van der Waals surface area contributed by atoms with Crippen molar-refractivity contribution < 1.29 is 31.2 Å². The summed E-state index contributed by atoms with van der Waals surface area (Å²) in [7, 11) is -3.96. The smallest absolute Gasteiger partial charge is 0.316 e. The Morgan fingerprint density at radius 1 is 1.09 bits per heavy atom. The van der Waals surface area contributed by atoms with E-state index < -0.39 is 44.6 Å². The van der Waals surface area contributed by atoms with Crippen molar-refractivity contribution in [2.24, 2.45) is 0 Å². The van der Waals surface area contributed by atoms with Gasteiger partial charge in [-0.15, -0.1) is 0 Å². The molecular formula is C27H29F3N6O6S. The average molecular weight is 623 g/mol. The van der Waals surface area contributed by atoms with Gasteiger partial charge in [-0.3, -0.25) is 14.9 Å². The molecule has 0 amide bonds. The predicted molar refractivity (Wildman–Crippen MR) is 150 cm³/mol. The molecule has 3 aromatic rings. The average Bonchev–Trinajstić information content (AvgIpc) is 3.37. The molecule has 1 aliphatic carbocycles. The van der Waals surface area contributed by atoms with Gasteiger partial charge in [0.1, 0.15) is 29.6 Å². The molecule has 1 N–H and O–H groups in total. The number of nitrogens with one attached hydrogen (secondary N) is 1. The SMILES string of the molecule is Cc1ccc(CNS(=O)(=O)N2CCN(c3cnn(-c4cc(F)cc(F)c4)c(=O)c3OC3CCC(F)C3)CC2)cc1[N+](=O)[O-]. The molecule has 43 heavy (non-hydrogen) atoms. The van der Waals surface area contributed by atoms with Crippen LogP contribution < -0.4 is 19.9 Å². The third-order valence-corrected chi connectivity index (χ3v) is 9.01. The molecule has 2 atom stereocenters. The van der Waals surface area contributed by atoms with E-state index in [4.69, 9.17) is 4.74 Å². The second kappa shape index (κ2) is 12.3. The molecule has 2 aromatic carbocycles. The summed E-state index contributed by atoms with van der Waals surface area (Å²) >= 11 is 0. The second-order valence-corrected chi connectivity index (χ2v) is 12.2. The Kier molecular flexibility index (Phi) is 8.71. The van der Waals surface area contributed by atoms with Crippen LogP contribution in [0.3, 0.4) is 0 Å². The minimum Gasteiger partial charge on any atom is -0.483 e. The maximum atomic E-state index is 13.9. The summed E-state index contributed by atoms with van der Waals surface area (Å²) in [6.45, 7) is 1.77. The number of ether oxygens (including phenoxy) is 1. The summed E-state index contributed by atoms with van der Waals surface area (Å²) in [6.07, 6.45) is 0.352. The van der Waals surface area contributed by atoms with Crippen molar-refractivity contribution in [1.29, 1.82) is 0 Å². The number of aromatic nitrogens is 2. The molecule has 1 aliphatic heterocycles. The molecule has 0 spiro atoms.